The quantitative estimate of drug-likeness (QED) is 0.341. The van der Waals surface area contributed by atoms with Crippen LogP contribution in [0.15, 0.2) is 57.9 Å². The maximum atomic E-state index is 12.8. The molecule has 0 bridgehead atoms. The van der Waals surface area contributed by atoms with E-state index in [1.54, 1.807) is 36.4 Å². The molecule has 1 fully saturated rings. The van der Waals surface area contributed by atoms with Crippen LogP contribution < -0.4 is 21.5 Å². The fraction of sp³-hybridized carbons (Fsp3) is 0.348. The van der Waals surface area contributed by atoms with Gasteiger partial charge in [0.05, 0.1) is 10.9 Å². The summed E-state index contributed by atoms with van der Waals surface area (Å²) in [4.78, 5) is 16.5. The Morgan fingerprint density at radius 1 is 1.12 bits per heavy atom. The lowest BCUT2D eigenvalue weighted by Gasteiger charge is -2.12. The SMILES string of the molecule is CC1(C(=O)Nc2ccc(NS(=O)(=O)c3ccc(-c4noc([C@@H](N)CCCN)n4)cc3)cc2)CC1. The summed E-state index contributed by atoms with van der Waals surface area (Å²) in [5.41, 5.74) is 12.8. The van der Waals surface area contributed by atoms with Crippen LogP contribution in [0.2, 0.25) is 0 Å². The highest BCUT2D eigenvalue weighted by Gasteiger charge is 2.44. The molecule has 0 aliphatic heterocycles. The van der Waals surface area contributed by atoms with E-state index in [-0.39, 0.29) is 16.2 Å². The summed E-state index contributed by atoms with van der Waals surface area (Å²) in [6, 6.07) is 12.3. The second-order valence-electron chi connectivity index (χ2n) is 8.72. The smallest absolute Gasteiger partial charge is 0.261 e. The van der Waals surface area contributed by atoms with E-state index in [2.05, 4.69) is 20.2 Å². The summed E-state index contributed by atoms with van der Waals surface area (Å²) in [6.07, 6.45) is 3.14. The molecule has 2 aromatic carbocycles. The van der Waals surface area contributed by atoms with Crippen LogP contribution in [0.5, 0.6) is 0 Å². The number of aromatic nitrogens is 2. The standard InChI is InChI=1S/C23H28N6O4S/c1-23(12-13-23)22(30)26-16-6-8-17(9-7-16)29-34(31,32)18-10-4-15(5-11-18)20-27-21(33-28-20)19(25)3-2-14-24/h4-11,19,29H,2-3,12-14,24-25H2,1H3,(H,26,30)/t19-/m0/s1. The number of benzene rings is 2. The molecule has 1 aliphatic rings. The topological polar surface area (TPSA) is 166 Å². The van der Waals surface area contributed by atoms with Crippen molar-refractivity contribution in [3.63, 3.8) is 0 Å². The van der Waals surface area contributed by atoms with Gasteiger partial charge in [0, 0.05) is 22.4 Å². The maximum absolute atomic E-state index is 12.8. The highest BCUT2D eigenvalue weighted by Crippen LogP contribution is 2.45. The molecule has 1 aliphatic carbocycles. The predicted octanol–water partition coefficient (Wildman–Crippen LogP) is 3.01. The lowest BCUT2D eigenvalue weighted by molar-refractivity contribution is -0.120. The molecule has 6 N–H and O–H groups in total. The van der Waals surface area contributed by atoms with Gasteiger partial charge in [-0.25, -0.2) is 8.42 Å². The molecule has 34 heavy (non-hydrogen) atoms. The molecular weight excluding hydrogens is 456 g/mol. The monoisotopic (exact) mass is 484 g/mol. The van der Waals surface area contributed by atoms with Crippen LogP contribution in [0.3, 0.4) is 0 Å². The van der Waals surface area contributed by atoms with Gasteiger partial charge in [0.25, 0.3) is 10.0 Å². The van der Waals surface area contributed by atoms with Crippen LogP contribution in [0.25, 0.3) is 11.4 Å². The number of hydrogen-bond acceptors (Lipinski definition) is 8. The summed E-state index contributed by atoms with van der Waals surface area (Å²) in [6.45, 7) is 2.45. The highest BCUT2D eigenvalue weighted by molar-refractivity contribution is 7.92. The van der Waals surface area contributed by atoms with E-state index in [0.29, 0.717) is 41.6 Å². The first kappa shape index (κ1) is 23.9. The number of nitrogens with two attached hydrogens (primary N) is 2. The zero-order valence-corrected chi connectivity index (χ0v) is 19.6. The molecule has 4 rings (SSSR count). The molecule has 1 atom stereocenters. The lowest BCUT2D eigenvalue weighted by Crippen LogP contribution is -2.21. The average Bonchev–Trinajstić information content (AvgIpc) is 3.39. The zero-order chi connectivity index (χ0) is 24.3. The van der Waals surface area contributed by atoms with Gasteiger partial charge in [-0.2, -0.15) is 4.98 Å². The Labute approximate surface area is 198 Å². The largest absolute Gasteiger partial charge is 0.337 e. The first-order valence-electron chi connectivity index (χ1n) is 11.0. The van der Waals surface area contributed by atoms with Crippen molar-refractivity contribution in [2.45, 2.75) is 43.5 Å². The number of rotatable bonds is 10. The van der Waals surface area contributed by atoms with Crippen LogP contribution in [-0.4, -0.2) is 31.0 Å². The van der Waals surface area contributed by atoms with Gasteiger partial charge in [-0.1, -0.05) is 12.1 Å². The minimum atomic E-state index is -3.81. The number of anilines is 2. The van der Waals surface area contributed by atoms with E-state index < -0.39 is 16.1 Å². The van der Waals surface area contributed by atoms with Crippen LogP contribution >= 0.6 is 0 Å². The van der Waals surface area contributed by atoms with Crippen molar-refractivity contribution in [3.05, 3.63) is 54.4 Å². The van der Waals surface area contributed by atoms with Crippen molar-refractivity contribution in [1.29, 1.82) is 0 Å². The second-order valence-corrected chi connectivity index (χ2v) is 10.4. The minimum Gasteiger partial charge on any atom is -0.337 e. The third-order valence-corrected chi connectivity index (χ3v) is 7.24. The molecule has 1 heterocycles. The summed E-state index contributed by atoms with van der Waals surface area (Å²) in [7, 11) is -3.81. The number of carbonyl (C=O) groups is 1. The molecule has 11 heteroatoms. The van der Waals surface area contributed by atoms with Gasteiger partial charge >= 0.3 is 0 Å². The average molecular weight is 485 g/mol. The first-order chi connectivity index (χ1) is 16.2. The number of amides is 1. The van der Waals surface area contributed by atoms with E-state index in [1.807, 2.05) is 6.92 Å². The van der Waals surface area contributed by atoms with Crippen LogP contribution in [0.4, 0.5) is 11.4 Å². The summed E-state index contributed by atoms with van der Waals surface area (Å²) in [5, 5.41) is 6.79. The normalized spacial score (nSPS) is 15.5. The molecule has 0 spiro atoms. The molecular formula is C23H28N6O4S. The van der Waals surface area contributed by atoms with Crippen LogP contribution in [0.1, 0.15) is 44.5 Å². The van der Waals surface area contributed by atoms with E-state index in [9.17, 15) is 13.2 Å². The Morgan fingerprint density at radius 3 is 2.38 bits per heavy atom. The third kappa shape index (κ3) is 5.44. The molecule has 180 valence electrons. The summed E-state index contributed by atoms with van der Waals surface area (Å²) >= 11 is 0. The number of nitrogens with one attached hydrogen (secondary N) is 2. The van der Waals surface area contributed by atoms with Crippen molar-refractivity contribution in [2.75, 3.05) is 16.6 Å². The van der Waals surface area contributed by atoms with Gasteiger partial charge in [-0.05, 0) is 80.8 Å². The summed E-state index contributed by atoms with van der Waals surface area (Å²) in [5.74, 6) is 0.618. The van der Waals surface area contributed by atoms with E-state index in [0.717, 1.165) is 19.3 Å². The Kier molecular flexibility index (Phi) is 6.69. The number of carbonyl (C=O) groups excluding carboxylic acids is 1. The van der Waals surface area contributed by atoms with Gasteiger partial charge in [0.2, 0.25) is 17.6 Å². The summed E-state index contributed by atoms with van der Waals surface area (Å²) < 4.78 is 33.3. The molecule has 0 unspecified atom stereocenters. The number of hydrogen-bond donors (Lipinski definition) is 4. The Hall–Kier alpha value is -3.28. The van der Waals surface area contributed by atoms with Crippen LogP contribution in [-0.2, 0) is 14.8 Å². The third-order valence-electron chi connectivity index (χ3n) is 5.84. The van der Waals surface area contributed by atoms with Crippen molar-refractivity contribution < 1.29 is 17.7 Å². The Morgan fingerprint density at radius 2 is 1.76 bits per heavy atom. The van der Waals surface area contributed by atoms with Gasteiger partial charge in [0.1, 0.15) is 0 Å². The second kappa shape index (κ2) is 9.53. The number of nitrogens with zero attached hydrogens (tertiary/aromatic N) is 2. The Balaban J connectivity index is 1.40. The fourth-order valence-corrected chi connectivity index (χ4v) is 4.34. The lowest BCUT2D eigenvalue weighted by atomic mass is 10.1. The fourth-order valence-electron chi connectivity index (χ4n) is 3.28. The van der Waals surface area contributed by atoms with Gasteiger partial charge in [-0.15, -0.1) is 0 Å². The Bertz CT molecular complexity index is 1250. The minimum absolute atomic E-state index is 0.0211. The first-order valence-corrected chi connectivity index (χ1v) is 12.5. The van der Waals surface area contributed by atoms with Gasteiger partial charge < -0.3 is 21.3 Å². The molecule has 3 aromatic rings. The molecule has 1 aromatic heterocycles. The van der Waals surface area contributed by atoms with E-state index in [4.69, 9.17) is 16.0 Å². The van der Waals surface area contributed by atoms with Crippen molar-refractivity contribution >= 4 is 27.3 Å². The van der Waals surface area contributed by atoms with Crippen molar-refractivity contribution in [1.82, 2.24) is 10.1 Å². The maximum Gasteiger partial charge on any atom is 0.261 e. The molecule has 0 saturated heterocycles. The van der Waals surface area contributed by atoms with E-state index in [1.165, 1.54) is 12.1 Å². The van der Waals surface area contributed by atoms with Crippen LogP contribution in [0, 0.1) is 5.41 Å². The van der Waals surface area contributed by atoms with Gasteiger partial charge in [0.15, 0.2) is 0 Å². The predicted molar refractivity (Wildman–Crippen MR) is 128 cm³/mol. The highest BCUT2D eigenvalue weighted by atomic mass is 32.2. The number of sulfonamides is 1. The van der Waals surface area contributed by atoms with Crippen molar-refractivity contribution in [3.8, 4) is 11.4 Å². The molecule has 1 amide bonds. The van der Waals surface area contributed by atoms with Crippen molar-refractivity contribution in [2.24, 2.45) is 16.9 Å². The zero-order valence-electron chi connectivity index (χ0n) is 18.8. The van der Waals surface area contributed by atoms with E-state index >= 15 is 0 Å². The molecule has 0 radical (unpaired) electrons. The molecule has 1 saturated carbocycles. The molecule has 10 nitrogen and oxygen atoms in total. The van der Waals surface area contributed by atoms with Gasteiger partial charge in [-0.3, -0.25) is 9.52 Å².